The van der Waals surface area contributed by atoms with Gasteiger partial charge in [0.2, 0.25) is 5.91 Å². The highest BCUT2D eigenvalue weighted by molar-refractivity contribution is 5.94. The number of anilines is 1. The van der Waals surface area contributed by atoms with Gasteiger partial charge in [-0.15, -0.1) is 0 Å². The SMILES string of the molecule is O=C1CCc2cc(OCC(=O)N[C@H]3CCN4CCCC[C@@H]34)ccc2N1. The summed E-state index contributed by atoms with van der Waals surface area (Å²) in [6.45, 7) is 2.29. The van der Waals surface area contributed by atoms with Gasteiger partial charge in [0.1, 0.15) is 5.75 Å². The Kier molecular flexibility index (Phi) is 4.61. The molecule has 4 rings (SSSR count). The highest BCUT2D eigenvalue weighted by Gasteiger charge is 2.36. The number of hydrogen-bond donors (Lipinski definition) is 2. The lowest BCUT2D eigenvalue weighted by Crippen LogP contribution is -2.47. The van der Waals surface area contributed by atoms with Gasteiger partial charge in [0.15, 0.2) is 6.61 Å². The van der Waals surface area contributed by atoms with Gasteiger partial charge < -0.3 is 15.4 Å². The van der Waals surface area contributed by atoms with Gasteiger partial charge >= 0.3 is 0 Å². The maximum Gasteiger partial charge on any atom is 0.258 e. The molecule has 6 heteroatoms. The molecule has 2 fully saturated rings. The molecule has 134 valence electrons. The molecule has 2 atom stereocenters. The largest absolute Gasteiger partial charge is 0.484 e. The highest BCUT2D eigenvalue weighted by atomic mass is 16.5. The van der Waals surface area contributed by atoms with Crippen molar-refractivity contribution < 1.29 is 14.3 Å². The van der Waals surface area contributed by atoms with Crippen LogP contribution in [0.3, 0.4) is 0 Å². The van der Waals surface area contributed by atoms with Crippen LogP contribution in [-0.2, 0) is 16.0 Å². The molecule has 3 heterocycles. The molecule has 0 saturated carbocycles. The third kappa shape index (κ3) is 3.63. The molecule has 0 unspecified atom stereocenters. The Balaban J connectivity index is 1.29. The van der Waals surface area contributed by atoms with Crippen LogP contribution in [0.4, 0.5) is 5.69 Å². The van der Waals surface area contributed by atoms with Crippen LogP contribution in [0.15, 0.2) is 18.2 Å². The summed E-state index contributed by atoms with van der Waals surface area (Å²) >= 11 is 0. The van der Waals surface area contributed by atoms with Crippen molar-refractivity contribution in [1.82, 2.24) is 10.2 Å². The van der Waals surface area contributed by atoms with E-state index in [0.717, 1.165) is 24.2 Å². The number of hydrogen-bond acceptors (Lipinski definition) is 4. The summed E-state index contributed by atoms with van der Waals surface area (Å²) < 4.78 is 5.67. The molecule has 0 spiro atoms. The van der Waals surface area contributed by atoms with Gasteiger partial charge in [0.05, 0.1) is 0 Å². The first kappa shape index (κ1) is 16.4. The third-order valence-electron chi connectivity index (χ3n) is 5.54. The Labute approximate surface area is 147 Å². The molecule has 2 saturated heterocycles. The molecule has 6 nitrogen and oxygen atoms in total. The first-order chi connectivity index (χ1) is 12.2. The number of benzene rings is 1. The minimum absolute atomic E-state index is 0.0361. The van der Waals surface area contributed by atoms with E-state index < -0.39 is 0 Å². The summed E-state index contributed by atoms with van der Waals surface area (Å²) in [7, 11) is 0. The van der Waals surface area contributed by atoms with E-state index in [2.05, 4.69) is 15.5 Å². The molecule has 0 aromatic heterocycles. The maximum atomic E-state index is 12.3. The fourth-order valence-electron chi connectivity index (χ4n) is 4.26. The molecule has 25 heavy (non-hydrogen) atoms. The van der Waals surface area contributed by atoms with E-state index in [-0.39, 0.29) is 24.5 Å². The molecule has 2 amide bonds. The first-order valence-corrected chi connectivity index (χ1v) is 9.28. The van der Waals surface area contributed by atoms with E-state index >= 15 is 0 Å². The van der Waals surface area contributed by atoms with Crippen molar-refractivity contribution in [3.05, 3.63) is 23.8 Å². The Hall–Kier alpha value is -2.08. The number of rotatable bonds is 4. The first-order valence-electron chi connectivity index (χ1n) is 9.28. The molecule has 3 aliphatic rings. The number of nitrogens with zero attached hydrogens (tertiary/aromatic N) is 1. The molecule has 0 radical (unpaired) electrons. The van der Waals surface area contributed by atoms with Crippen molar-refractivity contribution in [1.29, 1.82) is 0 Å². The minimum Gasteiger partial charge on any atom is -0.484 e. The van der Waals surface area contributed by atoms with E-state index in [0.29, 0.717) is 24.6 Å². The summed E-state index contributed by atoms with van der Waals surface area (Å²) in [5.41, 5.74) is 1.91. The number of carbonyl (C=O) groups excluding carboxylic acids is 2. The molecule has 1 aromatic rings. The number of nitrogens with one attached hydrogen (secondary N) is 2. The number of aryl methyl sites for hydroxylation is 1. The van der Waals surface area contributed by atoms with Crippen molar-refractivity contribution in [2.45, 2.75) is 50.6 Å². The van der Waals surface area contributed by atoms with Gasteiger partial charge in [-0.05, 0) is 56.0 Å². The number of fused-ring (bicyclic) bond motifs is 2. The van der Waals surface area contributed by atoms with E-state index in [1.165, 1.54) is 25.8 Å². The Morgan fingerprint density at radius 2 is 2.16 bits per heavy atom. The Morgan fingerprint density at radius 3 is 3.08 bits per heavy atom. The second-order valence-electron chi connectivity index (χ2n) is 7.22. The quantitative estimate of drug-likeness (QED) is 0.873. The summed E-state index contributed by atoms with van der Waals surface area (Å²) in [6, 6.07) is 6.33. The number of carbonyl (C=O) groups is 2. The molecular formula is C19H25N3O3. The number of piperidine rings is 1. The lowest BCUT2D eigenvalue weighted by atomic mass is 9.99. The number of amides is 2. The minimum atomic E-state index is -0.0524. The van der Waals surface area contributed by atoms with Gasteiger partial charge in [0, 0.05) is 30.7 Å². The van der Waals surface area contributed by atoms with Crippen LogP contribution in [0.25, 0.3) is 0 Å². The fraction of sp³-hybridized carbons (Fsp3) is 0.579. The maximum absolute atomic E-state index is 12.3. The van der Waals surface area contributed by atoms with Crippen molar-refractivity contribution >= 4 is 17.5 Å². The summed E-state index contributed by atoms with van der Waals surface area (Å²) in [6.07, 6.45) is 5.96. The second kappa shape index (κ2) is 7.04. The lowest BCUT2D eigenvalue weighted by molar-refractivity contribution is -0.124. The lowest BCUT2D eigenvalue weighted by Gasteiger charge is -2.32. The molecule has 3 aliphatic heterocycles. The second-order valence-corrected chi connectivity index (χ2v) is 7.22. The summed E-state index contributed by atoms with van der Waals surface area (Å²) in [5, 5.41) is 6.00. The van der Waals surface area contributed by atoms with E-state index in [4.69, 9.17) is 4.74 Å². The summed E-state index contributed by atoms with van der Waals surface area (Å²) in [4.78, 5) is 26.2. The van der Waals surface area contributed by atoms with Gasteiger partial charge in [-0.2, -0.15) is 0 Å². The van der Waals surface area contributed by atoms with Crippen molar-refractivity contribution in [2.75, 3.05) is 25.0 Å². The summed E-state index contributed by atoms with van der Waals surface area (Å²) in [5.74, 6) is 0.674. The smallest absolute Gasteiger partial charge is 0.258 e. The molecule has 1 aromatic carbocycles. The standard InChI is InChI=1S/C19H25N3O3/c23-18-7-4-13-11-14(5-6-15(13)20-18)25-12-19(24)21-16-8-10-22-9-2-1-3-17(16)22/h5-6,11,16-17H,1-4,7-10,12H2,(H,20,23)(H,21,24)/t16-,17-/m0/s1. The topological polar surface area (TPSA) is 70.7 Å². The van der Waals surface area contributed by atoms with Crippen LogP contribution in [0.2, 0.25) is 0 Å². The average Bonchev–Trinajstić information content (AvgIpc) is 3.03. The monoisotopic (exact) mass is 343 g/mol. The average molecular weight is 343 g/mol. The van der Waals surface area contributed by atoms with Crippen LogP contribution in [0.5, 0.6) is 5.75 Å². The number of ether oxygens (including phenoxy) is 1. The van der Waals surface area contributed by atoms with E-state index in [1.807, 2.05) is 12.1 Å². The zero-order valence-corrected chi connectivity index (χ0v) is 14.4. The zero-order valence-electron chi connectivity index (χ0n) is 14.4. The van der Waals surface area contributed by atoms with Crippen LogP contribution in [-0.4, -0.2) is 48.5 Å². The van der Waals surface area contributed by atoms with Gasteiger partial charge in [-0.25, -0.2) is 0 Å². The van der Waals surface area contributed by atoms with Crippen molar-refractivity contribution in [3.63, 3.8) is 0 Å². The molecule has 0 aliphatic carbocycles. The zero-order chi connectivity index (χ0) is 17.2. The Morgan fingerprint density at radius 1 is 1.24 bits per heavy atom. The van der Waals surface area contributed by atoms with Gasteiger partial charge in [-0.3, -0.25) is 14.5 Å². The molecule has 0 bridgehead atoms. The van der Waals surface area contributed by atoms with Crippen LogP contribution in [0.1, 0.15) is 37.7 Å². The predicted molar refractivity (Wildman–Crippen MR) is 94.6 cm³/mol. The van der Waals surface area contributed by atoms with Crippen LogP contribution >= 0.6 is 0 Å². The fourth-order valence-corrected chi connectivity index (χ4v) is 4.26. The van der Waals surface area contributed by atoms with Gasteiger partial charge in [0.25, 0.3) is 5.91 Å². The Bertz CT molecular complexity index is 676. The van der Waals surface area contributed by atoms with Crippen molar-refractivity contribution in [2.24, 2.45) is 0 Å². The van der Waals surface area contributed by atoms with E-state index in [1.54, 1.807) is 6.07 Å². The van der Waals surface area contributed by atoms with Crippen LogP contribution < -0.4 is 15.4 Å². The van der Waals surface area contributed by atoms with Crippen molar-refractivity contribution in [3.8, 4) is 5.75 Å². The highest BCUT2D eigenvalue weighted by Crippen LogP contribution is 2.28. The third-order valence-corrected chi connectivity index (χ3v) is 5.54. The molecular weight excluding hydrogens is 318 g/mol. The van der Waals surface area contributed by atoms with Gasteiger partial charge in [-0.1, -0.05) is 6.42 Å². The van der Waals surface area contributed by atoms with E-state index in [9.17, 15) is 9.59 Å². The predicted octanol–water partition coefficient (Wildman–Crippen LogP) is 1.69. The van der Waals surface area contributed by atoms with Crippen LogP contribution in [0, 0.1) is 0 Å². The molecule has 2 N–H and O–H groups in total. The normalized spacial score (nSPS) is 25.7.